The van der Waals surface area contributed by atoms with Crippen LogP contribution in [0.5, 0.6) is 0 Å². The maximum atomic E-state index is 12.5. The number of esters is 2. The molecule has 1 aliphatic heterocycles. The van der Waals surface area contributed by atoms with Crippen LogP contribution in [0.25, 0.3) is 0 Å². The maximum Gasteiger partial charge on any atom is 0.306 e. The van der Waals surface area contributed by atoms with Gasteiger partial charge in [-0.25, -0.2) is 0 Å². The number of hydrogen-bond acceptors (Lipinski definition) is 8. The molecule has 8 nitrogen and oxygen atoms in total. The maximum absolute atomic E-state index is 12.5. The molecule has 0 radical (unpaired) electrons. The van der Waals surface area contributed by atoms with Crippen LogP contribution in [0.3, 0.4) is 0 Å². The van der Waals surface area contributed by atoms with Crippen LogP contribution in [0.15, 0.2) is 0 Å². The first-order chi connectivity index (χ1) is 24.9. The van der Waals surface area contributed by atoms with Crippen LogP contribution in [-0.2, 0) is 28.5 Å². The van der Waals surface area contributed by atoms with Crippen LogP contribution < -0.4 is 0 Å². The molecule has 302 valence electrons. The quantitative estimate of drug-likeness (QED) is 0.0485. The molecule has 0 aromatic carbocycles. The van der Waals surface area contributed by atoms with Crippen LogP contribution >= 0.6 is 0 Å². The lowest BCUT2D eigenvalue weighted by molar-refractivity contribution is -0.298. The fourth-order valence-corrected chi connectivity index (χ4v) is 7.10. The molecule has 8 heteroatoms. The third-order valence-electron chi connectivity index (χ3n) is 10.5. The monoisotopic (exact) mass is 727 g/mol. The Kier molecular flexibility index (Phi) is 32.4. The van der Waals surface area contributed by atoms with Gasteiger partial charge in [-0.1, -0.05) is 194 Å². The Morgan fingerprint density at radius 1 is 0.490 bits per heavy atom. The Bertz CT molecular complexity index is 788. The zero-order valence-electron chi connectivity index (χ0n) is 33.6. The predicted octanol–water partition coefficient (Wildman–Crippen LogP) is 11.1. The Balaban J connectivity index is 2.07. The molecule has 0 amide bonds. The van der Waals surface area contributed by atoms with E-state index in [1.165, 1.54) is 161 Å². The van der Waals surface area contributed by atoms with Gasteiger partial charge in [-0.3, -0.25) is 9.59 Å². The van der Waals surface area contributed by atoms with Crippen molar-refractivity contribution in [1.82, 2.24) is 0 Å². The van der Waals surface area contributed by atoms with Crippen LogP contribution in [-0.4, -0.2) is 66.6 Å². The number of carbonyl (C=O) groups excluding carboxylic acids is 2. The first kappa shape index (κ1) is 47.8. The highest BCUT2D eigenvalue weighted by atomic mass is 16.7. The van der Waals surface area contributed by atoms with Gasteiger partial charge in [0.25, 0.3) is 0 Å². The van der Waals surface area contributed by atoms with E-state index in [-0.39, 0.29) is 19.0 Å². The van der Waals surface area contributed by atoms with Crippen molar-refractivity contribution in [1.29, 1.82) is 0 Å². The lowest BCUT2D eigenvalue weighted by atomic mass is 9.99. The van der Waals surface area contributed by atoms with Gasteiger partial charge in [-0.2, -0.15) is 0 Å². The standard InChI is InChI=1S/C43H82O8/c1-4-6-8-10-12-14-16-18-20-22-24-26-28-30-32-34-38(44)49-36-37-40(46)41(47)42(43(48-3)50-37)51-39(45)35-33-31-29-27-25-23-21-19-17-15-13-11-9-7-5-2/h37,40-43,46-47H,4-36H2,1-3H3/t37-,40-,41+,42-,43-/m1/s1. The van der Waals surface area contributed by atoms with Gasteiger partial charge in [-0.15, -0.1) is 0 Å². The fourth-order valence-electron chi connectivity index (χ4n) is 7.10. The highest BCUT2D eigenvalue weighted by Gasteiger charge is 2.47. The Hall–Kier alpha value is -1.22. The molecule has 0 aromatic heterocycles. The topological polar surface area (TPSA) is 112 Å². The molecule has 0 saturated carbocycles. The molecule has 2 N–H and O–H groups in total. The van der Waals surface area contributed by atoms with Crippen LogP contribution in [0.1, 0.15) is 219 Å². The third-order valence-corrected chi connectivity index (χ3v) is 10.5. The number of rotatable bonds is 36. The summed E-state index contributed by atoms with van der Waals surface area (Å²) in [5.74, 6) is -0.791. The molecule has 0 bridgehead atoms. The Morgan fingerprint density at radius 2 is 0.824 bits per heavy atom. The molecule has 0 aromatic rings. The van der Waals surface area contributed by atoms with Crippen molar-refractivity contribution >= 4 is 11.9 Å². The van der Waals surface area contributed by atoms with E-state index in [0.717, 1.165) is 38.5 Å². The van der Waals surface area contributed by atoms with Gasteiger partial charge in [0, 0.05) is 20.0 Å². The Labute approximate surface area is 313 Å². The van der Waals surface area contributed by atoms with Crippen LogP contribution in [0, 0.1) is 0 Å². The average molecular weight is 727 g/mol. The van der Waals surface area contributed by atoms with Crippen molar-refractivity contribution in [3.63, 3.8) is 0 Å². The summed E-state index contributed by atoms with van der Waals surface area (Å²) in [4.78, 5) is 24.9. The molecule has 51 heavy (non-hydrogen) atoms. The summed E-state index contributed by atoms with van der Waals surface area (Å²) in [6.45, 7) is 4.33. The number of carbonyl (C=O) groups is 2. The van der Waals surface area contributed by atoms with E-state index in [1.807, 2.05) is 0 Å². The summed E-state index contributed by atoms with van der Waals surface area (Å²) >= 11 is 0. The van der Waals surface area contributed by atoms with Crippen molar-refractivity contribution in [3.8, 4) is 0 Å². The molecule has 0 spiro atoms. The fraction of sp³-hybridized carbons (Fsp3) is 0.953. The van der Waals surface area contributed by atoms with Crippen molar-refractivity contribution < 1.29 is 38.7 Å². The third kappa shape index (κ3) is 26.2. The average Bonchev–Trinajstić information content (AvgIpc) is 3.13. The van der Waals surface area contributed by atoms with Gasteiger partial charge in [0.05, 0.1) is 0 Å². The summed E-state index contributed by atoms with van der Waals surface area (Å²) in [5, 5.41) is 21.4. The minimum absolute atomic E-state index is 0.199. The minimum atomic E-state index is -1.41. The molecule has 1 heterocycles. The summed E-state index contributed by atoms with van der Waals surface area (Å²) < 4.78 is 22.0. The van der Waals surface area contributed by atoms with E-state index in [1.54, 1.807) is 0 Å². The first-order valence-electron chi connectivity index (χ1n) is 21.8. The van der Waals surface area contributed by atoms with Gasteiger partial charge in [0.1, 0.15) is 24.9 Å². The summed E-state index contributed by atoms with van der Waals surface area (Å²) in [6, 6.07) is 0. The molecular weight excluding hydrogens is 644 g/mol. The van der Waals surface area contributed by atoms with E-state index in [0.29, 0.717) is 6.42 Å². The highest BCUT2D eigenvalue weighted by molar-refractivity contribution is 5.69. The lowest BCUT2D eigenvalue weighted by Gasteiger charge is -2.41. The predicted molar refractivity (Wildman–Crippen MR) is 208 cm³/mol. The zero-order valence-corrected chi connectivity index (χ0v) is 33.6. The molecule has 0 aliphatic carbocycles. The molecule has 1 aliphatic rings. The summed E-state index contributed by atoms with van der Waals surface area (Å²) in [5.41, 5.74) is 0. The number of aliphatic hydroxyl groups excluding tert-OH is 2. The van der Waals surface area contributed by atoms with Gasteiger partial charge < -0.3 is 29.2 Å². The normalized spacial score (nSPS) is 20.5. The van der Waals surface area contributed by atoms with Crippen molar-refractivity contribution in [2.24, 2.45) is 0 Å². The van der Waals surface area contributed by atoms with E-state index in [4.69, 9.17) is 18.9 Å². The molecule has 0 unspecified atom stereocenters. The molecule has 1 saturated heterocycles. The van der Waals surface area contributed by atoms with E-state index in [2.05, 4.69) is 13.8 Å². The van der Waals surface area contributed by atoms with Gasteiger partial charge >= 0.3 is 11.9 Å². The van der Waals surface area contributed by atoms with E-state index in [9.17, 15) is 19.8 Å². The van der Waals surface area contributed by atoms with Crippen molar-refractivity contribution in [3.05, 3.63) is 0 Å². The van der Waals surface area contributed by atoms with Crippen molar-refractivity contribution in [2.75, 3.05) is 13.7 Å². The zero-order chi connectivity index (χ0) is 37.2. The molecule has 5 atom stereocenters. The van der Waals surface area contributed by atoms with Gasteiger partial charge in [-0.05, 0) is 12.8 Å². The Morgan fingerprint density at radius 3 is 1.18 bits per heavy atom. The smallest absolute Gasteiger partial charge is 0.306 e. The number of hydrogen-bond donors (Lipinski definition) is 2. The largest absolute Gasteiger partial charge is 0.463 e. The highest BCUT2D eigenvalue weighted by Crippen LogP contribution is 2.26. The van der Waals surface area contributed by atoms with Crippen LogP contribution in [0.4, 0.5) is 0 Å². The van der Waals surface area contributed by atoms with Crippen molar-refractivity contribution in [2.45, 2.75) is 250 Å². The second-order valence-electron chi connectivity index (χ2n) is 15.3. The second-order valence-corrected chi connectivity index (χ2v) is 15.3. The lowest BCUT2D eigenvalue weighted by Crippen LogP contribution is -2.60. The number of unbranched alkanes of at least 4 members (excludes halogenated alkanes) is 28. The molecule has 1 rings (SSSR count). The summed E-state index contributed by atoms with van der Waals surface area (Å²) in [7, 11) is 1.39. The molecule has 1 fully saturated rings. The number of methoxy groups -OCH3 is 1. The van der Waals surface area contributed by atoms with Gasteiger partial charge in [0.2, 0.25) is 0 Å². The number of aliphatic hydroxyl groups is 2. The van der Waals surface area contributed by atoms with E-state index < -0.39 is 36.7 Å². The number of ether oxygens (including phenoxy) is 4. The van der Waals surface area contributed by atoms with E-state index >= 15 is 0 Å². The minimum Gasteiger partial charge on any atom is -0.463 e. The molecular formula is C43H82O8. The first-order valence-corrected chi connectivity index (χ1v) is 21.8. The SMILES string of the molecule is CCCCCCCCCCCCCCCCCC(=O)OC[C@H]1O[C@@H](OC)[C@H](OC(=O)CCCCCCCCCCCCCCCCC)[C@@H](O)[C@@H]1O. The van der Waals surface area contributed by atoms with Crippen LogP contribution in [0.2, 0.25) is 0 Å². The van der Waals surface area contributed by atoms with Gasteiger partial charge in [0.15, 0.2) is 12.4 Å². The summed E-state index contributed by atoms with van der Waals surface area (Å²) in [6.07, 6.45) is 32.3. The second kappa shape index (κ2) is 34.5.